The molecule has 4 nitrogen and oxygen atoms in total. The first kappa shape index (κ1) is 16.9. The molecule has 2 N–H and O–H groups in total. The van der Waals surface area contributed by atoms with E-state index in [4.69, 9.17) is 4.74 Å². The first-order chi connectivity index (χ1) is 11.1. The average Bonchev–Trinajstić information content (AvgIpc) is 2.56. The number of carbonyl (C=O) groups is 1. The maximum atomic E-state index is 12.0. The Morgan fingerprint density at radius 2 is 1.78 bits per heavy atom. The van der Waals surface area contributed by atoms with Crippen molar-refractivity contribution in [3.05, 3.63) is 54.1 Å². The highest BCUT2D eigenvalue weighted by molar-refractivity contribution is 5.91. The van der Waals surface area contributed by atoms with Crippen LogP contribution in [0.1, 0.15) is 31.7 Å². The number of amides is 1. The molecular weight excluding hydrogens is 288 g/mol. The fourth-order valence-electron chi connectivity index (χ4n) is 2.37. The molecule has 23 heavy (non-hydrogen) atoms. The van der Waals surface area contributed by atoms with Crippen LogP contribution in [-0.4, -0.2) is 19.6 Å². The molecule has 0 bridgehead atoms. The number of rotatable bonds is 7. The van der Waals surface area contributed by atoms with Crippen molar-refractivity contribution in [1.82, 2.24) is 0 Å². The first-order valence-corrected chi connectivity index (χ1v) is 7.87. The number of anilines is 2. The summed E-state index contributed by atoms with van der Waals surface area (Å²) in [5.74, 6) is 1.21. The number of nitrogens with one attached hydrogen (secondary N) is 2. The van der Waals surface area contributed by atoms with Gasteiger partial charge in [-0.15, -0.1) is 0 Å². The van der Waals surface area contributed by atoms with Crippen molar-refractivity contribution in [2.24, 2.45) is 0 Å². The van der Waals surface area contributed by atoms with Crippen molar-refractivity contribution < 1.29 is 9.53 Å². The summed E-state index contributed by atoms with van der Waals surface area (Å²) in [6.45, 7) is 4.93. The van der Waals surface area contributed by atoms with Crippen LogP contribution < -0.4 is 15.4 Å². The van der Waals surface area contributed by atoms with E-state index in [0.717, 1.165) is 17.1 Å². The quantitative estimate of drug-likeness (QED) is 0.803. The molecule has 0 aliphatic heterocycles. The van der Waals surface area contributed by atoms with Gasteiger partial charge in [-0.2, -0.15) is 0 Å². The van der Waals surface area contributed by atoms with Gasteiger partial charge in [0.25, 0.3) is 0 Å². The number of hydrogen-bond acceptors (Lipinski definition) is 3. The third-order valence-corrected chi connectivity index (χ3v) is 3.62. The van der Waals surface area contributed by atoms with Gasteiger partial charge in [0.2, 0.25) is 5.91 Å². The molecule has 2 rings (SSSR count). The molecule has 2 aromatic carbocycles. The smallest absolute Gasteiger partial charge is 0.226 e. The van der Waals surface area contributed by atoms with Gasteiger partial charge in [0.15, 0.2) is 0 Å². The fraction of sp³-hybridized carbons (Fsp3) is 0.316. The molecule has 2 aromatic rings. The van der Waals surface area contributed by atoms with Gasteiger partial charge in [-0.3, -0.25) is 4.79 Å². The average molecular weight is 312 g/mol. The van der Waals surface area contributed by atoms with Gasteiger partial charge >= 0.3 is 0 Å². The number of carbonyl (C=O) groups excluding carboxylic acids is 1. The standard InChI is InChI=1S/C19H24N2O2/c1-14(2)17-6-4-5-7-18(17)20-13-12-19(22)21-15-8-10-16(23-3)11-9-15/h4-11,14,20H,12-13H2,1-3H3,(H,21,22). The molecular formula is C19H24N2O2. The van der Waals surface area contributed by atoms with Crippen LogP contribution in [0, 0.1) is 0 Å². The topological polar surface area (TPSA) is 50.4 Å². The minimum absolute atomic E-state index is 0.00954. The largest absolute Gasteiger partial charge is 0.497 e. The molecule has 122 valence electrons. The van der Waals surface area contributed by atoms with Crippen LogP contribution in [0.3, 0.4) is 0 Å². The van der Waals surface area contributed by atoms with Crippen LogP contribution >= 0.6 is 0 Å². The number of hydrogen-bond donors (Lipinski definition) is 2. The predicted octanol–water partition coefficient (Wildman–Crippen LogP) is 4.26. The second-order valence-corrected chi connectivity index (χ2v) is 5.70. The summed E-state index contributed by atoms with van der Waals surface area (Å²) in [4.78, 5) is 12.0. The number of benzene rings is 2. The van der Waals surface area contributed by atoms with Crippen LogP contribution in [0.15, 0.2) is 48.5 Å². The van der Waals surface area contributed by atoms with E-state index in [1.54, 1.807) is 7.11 Å². The van der Waals surface area contributed by atoms with Gasteiger partial charge in [0.05, 0.1) is 7.11 Å². The minimum atomic E-state index is -0.00954. The molecule has 0 heterocycles. The summed E-state index contributed by atoms with van der Waals surface area (Å²) in [7, 11) is 1.62. The van der Waals surface area contributed by atoms with Gasteiger partial charge in [0.1, 0.15) is 5.75 Å². The van der Waals surface area contributed by atoms with Gasteiger partial charge in [-0.1, -0.05) is 32.0 Å². The van der Waals surface area contributed by atoms with Gasteiger partial charge in [0, 0.05) is 24.3 Å². The summed E-state index contributed by atoms with van der Waals surface area (Å²) >= 11 is 0. The zero-order valence-electron chi connectivity index (χ0n) is 13.9. The summed E-state index contributed by atoms with van der Waals surface area (Å²) in [6, 6.07) is 15.5. The van der Waals surface area contributed by atoms with Gasteiger partial charge < -0.3 is 15.4 Å². The number of para-hydroxylation sites is 1. The Bertz CT molecular complexity index is 636. The lowest BCUT2D eigenvalue weighted by molar-refractivity contribution is -0.115. The van der Waals surface area contributed by atoms with Crippen molar-refractivity contribution >= 4 is 17.3 Å². The molecule has 0 spiro atoms. The second-order valence-electron chi connectivity index (χ2n) is 5.70. The van der Waals surface area contributed by atoms with Crippen molar-refractivity contribution in [2.75, 3.05) is 24.3 Å². The molecule has 0 unspecified atom stereocenters. The predicted molar refractivity (Wildman–Crippen MR) is 95.3 cm³/mol. The zero-order valence-corrected chi connectivity index (χ0v) is 13.9. The van der Waals surface area contributed by atoms with E-state index in [1.807, 2.05) is 36.4 Å². The van der Waals surface area contributed by atoms with Crippen LogP contribution in [0.4, 0.5) is 11.4 Å². The molecule has 1 amide bonds. The maximum absolute atomic E-state index is 12.0. The Morgan fingerprint density at radius 3 is 2.43 bits per heavy atom. The maximum Gasteiger partial charge on any atom is 0.226 e. The Morgan fingerprint density at radius 1 is 1.09 bits per heavy atom. The molecule has 0 radical (unpaired) electrons. The lowest BCUT2D eigenvalue weighted by Gasteiger charge is -2.14. The molecule has 4 heteroatoms. The second kappa shape index (κ2) is 8.22. The highest BCUT2D eigenvalue weighted by Crippen LogP contribution is 2.23. The van der Waals surface area contributed by atoms with E-state index in [-0.39, 0.29) is 5.91 Å². The van der Waals surface area contributed by atoms with E-state index in [9.17, 15) is 4.79 Å². The van der Waals surface area contributed by atoms with Gasteiger partial charge in [-0.05, 0) is 41.8 Å². The Hall–Kier alpha value is -2.49. The Balaban J connectivity index is 1.83. The highest BCUT2D eigenvalue weighted by Gasteiger charge is 2.06. The van der Waals surface area contributed by atoms with Crippen LogP contribution in [0.25, 0.3) is 0 Å². The summed E-state index contributed by atoms with van der Waals surface area (Å²) in [5.41, 5.74) is 3.14. The summed E-state index contributed by atoms with van der Waals surface area (Å²) in [6.07, 6.45) is 0.415. The lowest BCUT2D eigenvalue weighted by Crippen LogP contribution is -2.16. The summed E-state index contributed by atoms with van der Waals surface area (Å²) < 4.78 is 5.10. The van der Waals surface area contributed by atoms with Crippen LogP contribution in [0.2, 0.25) is 0 Å². The number of ether oxygens (including phenoxy) is 1. The SMILES string of the molecule is COc1ccc(NC(=O)CCNc2ccccc2C(C)C)cc1. The van der Waals surface area contributed by atoms with E-state index in [0.29, 0.717) is 18.9 Å². The van der Waals surface area contributed by atoms with E-state index >= 15 is 0 Å². The number of methoxy groups -OCH3 is 1. The fourth-order valence-corrected chi connectivity index (χ4v) is 2.37. The molecule has 0 saturated carbocycles. The Labute approximate surface area is 137 Å². The third kappa shape index (κ3) is 5.02. The molecule has 0 aliphatic rings. The van der Waals surface area contributed by atoms with Crippen LogP contribution in [0.5, 0.6) is 5.75 Å². The Kier molecular flexibility index (Phi) is 6.03. The van der Waals surface area contributed by atoms with Crippen LogP contribution in [-0.2, 0) is 4.79 Å². The van der Waals surface area contributed by atoms with Crippen molar-refractivity contribution in [3.8, 4) is 5.75 Å². The monoisotopic (exact) mass is 312 g/mol. The van der Waals surface area contributed by atoms with E-state index < -0.39 is 0 Å². The van der Waals surface area contributed by atoms with E-state index in [2.05, 4.69) is 36.6 Å². The van der Waals surface area contributed by atoms with E-state index in [1.165, 1.54) is 5.56 Å². The van der Waals surface area contributed by atoms with Crippen molar-refractivity contribution in [3.63, 3.8) is 0 Å². The molecule has 0 atom stereocenters. The normalized spacial score (nSPS) is 10.4. The molecule has 0 aromatic heterocycles. The zero-order chi connectivity index (χ0) is 16.7. The van der Waals surface area contributed by atoms with Crippen molar-refractivity contribution in [1.29, 1.82) is 0 Å². The van der Waals surface area contributed by atoms with Gasteiger partial charge in [-0.25, -0.2) is 0 Å². The molecule has 0 saturated heterocycles. The molecule has 0 fully saturated rings. The lowest BCUT2D eigenvalue weighted by atomic mass is 10.0. The minimum Gasteiger partial charge on any atom is -0.497 e. The first-order valence-electron chi connectivity index (χ1n) is 7.87. The highest BCUT2D eigenvalue weighted by atomic mass is 16.5. The molecule has 0 aliphatic carbocycles. The summed E-state index contributed by atoms with van der Waals surface area (Å²) in [5, 5.41) is 6.23. The third-order valence-electron chi connectivity index (χ3n) is 3.62. The van der Waals surface area contributed by atoms with Crippen molar-refractivity contribution in [2.45, 2.75) is 26.2 Å².